The van der Waals surface area contributed by atoms with E-state index in [4.69, 9.17) is 0 Å². The molecule has 1 aliphatic rings. The van der Waals surface area contributed by atoms with E-state index in [1.807, 2.05) is 13.0 Å². The van der Waals surface area contributed by atoms with E-state index in [2.05, 4.69) is 10.3 Å². The van der Waals surface area contributed by atoms with Crippen molar-refractivity contribution in [2.75, 3.05) is 11.4 Å². The third-order valence-electron chi connectivity index (χ3n) is 4.90. The molecule has 0 bridgehead atoms. The van der Waals surface area contributed by atoms with Gasteiger partial charge in [-0.3, -0.25) is 14.4 Å². The number of H-pyrrole nitrogens is 1. The Hall–Kier alpha value is -2.96. The van der Waals surface area contributed by atoms with Gasteiger partial charge in [0.15, 0.2) is 0 Å². The first-order valence-corrected chi connectivity index (χ1v) is 8.80. The van der Waals surface area contributed by atoms with Crippen molar-refractivity contribution in [1.29, 1.82) is 0 Å². The number of hydrogen-bond donors (Lipinski definition) is 2. The summed E-state index contributed by atoms with van der Waals surface area (Å²) in [4.78, 5) is 40.9. The molecule has 0 aliphatic carbocycles. The third kappa shape index (κ3) is 3.92. The molecule has 2 heterocycles. The van der Waals surface area contributed by atoms with Gasteiger partial charge in [-0.2, -0.15) is 0 Å². The number of anilines is 1. The quantitative estimate of drug-likeness (QED) is 0.864. The molecule has 142 valence electrons. The highest BCUT2D eigenvalue weighted by Crippen LogP contribution is 2.26. The zero-order chi connectivity index (χ0) is 19.7. The van der Waals surface area contributed by atoms with Gasteiger partial charge in [-0.15, -0.1) is 0 Å². The van der Waals surface area contributed by atoms with E-state index in [-0.39, 0.29) is 42.7 Å². The van der Waals surface area contributed by atoms with Crippen LogP contribution in [0.4, 0.5) is 10.1 Å². The van der Waals surface area contributed by atoms with E-state index in [0.717, 1.165) is 11.3 Å². The highest BCUT2D eigenvalue weighted by Gasteiger charge is 2.35. The fourth-order valence-electron chi connectivity index (χ4n) is 3.30. The van der Waals surface area contributed by atoms with Gasteiger partial charge in [-0.05, 0) is 50.1 Å². The van der Waals surface area contributed by atoms with Crippen molar-refractivity contribution in [2.45, 2.75) is 33.7 Å². The Balaban J connectivity index is 1.67. The number of benzene rings is 1. The Morgan fingerprint density at radius 1 is 1.22 bits per heavy atom. The summed E-state index contributed by atoms with van der Waals surface area (Å²) in [5.74, 6) is -1.44. The summed E-state index contributed by atoms with van der Waals surface area (Å²) in [6.45, 7) is 5.55. The number of amides is 2. The van der Waals surface area contributed by atoms with Crippen LogP contribution in [0.15, 0.2) is 29.1 Å². The second kappa shape index (κ2) is 7.34. The number of aromatic amines is 1. The Kier molecular flexibility index (Phi) is 5.12. The van der Waals surface area contributed by atoms with E-state index in [9.17, 15) is 18.8 Å². The zero-order valence-electron chi connectivity index (χ0n) is 15.6. The molecule has 1 aliphatic heterocycles. The lowest BCUT2D eigenvalue weighted by atomic mass is 10.1. The summed E-state index contributed by atoms with van der Waals surface area (Å²) >= 11 is 0. The van der Waals surface area contributed by atoms with Crippen LogP contribution in [-0.2, 0) is 16.1 Å². The number of pyridine rings is 1. The fourth-order valence-corrected chi connectivity index (χ4v) is 3.30. The molecule has 1 aromatic carbocycles. The minimum Gasteiger partial charge on any atom is -0.351 e. The highest BCUT2D eigenvalue weighted by molar-refractivity contribution is 6.00. The largest absolute Gasteiger partial charge is 0.351 e. The van der Waals surface area contributed by atoms with Gasteiger partial charge in [0.05, 0.1) is 5.92 Å². The molecule has 1 atom stereocenters. The lowest BCUT2D eigenvalue weighted by Crippen LogP contribution is -2.34. The standard InChI is InChI=1S/C20H22FN3O3/c1-11-4-5-15(8-17(11)21)24-10-14(7-18(24)25)19(26)22-9-16-12(2)6-13(3)23-20(16)27/h4-6,8,14H,7,9-10H2,1-3H3,(H,22,26)(H,23,27)/t14-/m1/s1. The topological polar surface area (TPSA) is 82.3 Å². The van der Waals surface area contributed by atoms with Crippen molar-refractivity contribution < 1.29 is 14.0 Å². The van der Waals surface area contributed by atoms with Gasteiger partial charge in [0.25, 0.3) is 5.56 Å². The minimum absolute atomic E-state index is 0.0601. The number of rotatable bonds is 4. The van der Waals surface area contributed by atoms with E-state index in [1.54, 1.807) is 26.0 Å². The van der Waals surface area contributed by atoms with Crippen molar-refractivity contribution in [3.05, 3.63) is 62.8 Å². The molecular weight excluding hydrogens is 349 g/mol. The van der Waals surface area contributed by atoms with Crippen molar-refractivity contribution in [1.82, 2.24) is 10.3 Å². The van der Waals surface area contributed by atoms with E-state index in [1.165, 1.54) is 11.0 Å². The Labute approximate surface area is 156 Å². The van der Waals surface area contributed by atoms with Gasteiger partial charge in [0, 0.05) is 36.5 Å². The molecule has 0 saturated carbocycles. The second-order valence-corrected chi connectivity index (χ2v) is 7.00. The van der Waals surface area contributed by atoms with Crippen molar-refractivity contribution in [2.24, 2.45) is 5.92 Å². The first kappa shape index (κ1) is 18.8. The number of halogens is 1. The Morgan fingerprint density at radius 3 is 2.63 bits per heavy atom. The molecule has 1 aromatic heterocycles. The van der Waals surface area contributed by atoms with Gasteiger partial charge in [0.1, 0.15) is 5.82 Å². The predicted octanol–water partition coefficient (Wildman–Crippen LogP) is 2.11. The first-order valence-electron chi connectivity index (χ1n) is 8.80. The summed E-state index contributed by atoms with van der Waals surface area (Å²) in [6.07, 6.45) is 0.0601. The number of aryl methyl sites for hydroxylation is 3. The number of nitrogens with one attached hydrogen (secondary N) is 2. The van der Waals surface area contributed by atoms with Gasteiger partial charge in [0.2, 0.25) is 11.8 Å². The van der Waals surface area contributed by atoms with Gasteiger partial charge < -0.3 is 15.2 Å². The molecule has 3 rings (SSSR count). The smallest absolute Gasteiger partial charge is 0.253 e. The van der Waals surface area contributed by atoms with Gasteiger partial charge >= 0.3 is 0 Å². The van der Waals surface area contributed by atoms with E-state index >= 15 is 0 Å². The van der Waals surface area contributed by atoms with E-state index < -0.39 is 5.92 Å². The van der Waals surface area contributed by atoms with Crippen LogP contribution in [-0.4, -0.2) is 23.3 Å². The van der Waals surface area contributed by atoms with Crippen LogP contribution in [0.5, 0.6) is 0 Å². The normalized spacial score (nSPS) is 16.7. The van der Waals surface area contributed by atoms with Crippen LogP contribution in [0.25, 0.3) is 0 Å². The monoisotopic (exact) mass is 371 g/mol. The molecular formula is C20H22FN3O3. The van der Waals surface area contributed by atoms with Crippen LogP contribution < -0.4 is 15.8 Å². The van der Waals surface area contributed by atoms with Crippen LogP contribution in [0, 0.1) is 32.5 Å². The second-order valence-electron chi connectivity index (χ2n) is 7.00. The zero-order valence-corrected chi connectivity index (χ0v) is 15.6. The summed E-state index contributed by atoms with van der Waals surface area (Å²) < 4.78 is 13.8. The van der Waals surface area contributed by atoms with Gasteiger partial charge in [-0.25, -0.2) is 4.39 Å². The van der Waals surface area contributed by atoms with Crippen LogP contribution in [0.1, 0.15) is 28.8 Å². The Bertz CT molecular complexity index is 967. The Morgan fingerprint density at radius 2 is 1.96 bits per heavy atom. The number of carbonyl (C=O) groups is 2. The average molecular weight is 371 g/mol. The van der Waals surface area contributed by atoms with Crippen LogP contribution >= 0.6 is 0 Å². The van der Waals surface area contributed by atoms with E-state index in [0.29, 0.717) is 16.8 Å². The van der Waals surface area contributed by atoms with Crippen molar-refractivity contribution >= 4 is 17.5 Å². The maximum absolute atomic E-state index is 13.8. The molecule has 27 heavy (non-hydrogen) atoms. The third-order valence-corrected chi connectivity index (χ3v) is 4.90. The van der Waals surface area contributed by atoms with Crippen molar-refractivity contribution in [3.8, 4) is 0 Å². The molecule has 2 aromatic rings. The molecule has 0 radical (unpaired) electrons. The van der Waals surface area contributed by atoms with Crippen LogP contribution in [0.2, 0.25) is 0 Å². The summed E-state index contributed by atoms with van der Waals surface area (Å²) in [5, 5.41) is 2.74. The first-order chi connectivity index (χ1) is 12.8. The molecule has 6 nitrogen and oxygen atoms in total. The maximum atomic E-state index is 13.8. The summed E-state index contributed by atoms with van der Waals surface area (Å²) in [6, 6.07) is 6.43. The SMILES string of the molecule is Cc1cc(C)c(CNC(=O)[C@@H]2CC(=O)N(c3ccc(C)c(F)c3)C2)c(=O)[nH]1. The highest BCUT2D eigenvalue weighted by atomic mass is 19.1. The van der Waals surface area contributed by atoms with Gasteiger partial charge in [-0.1, -0.05) is 6.07 Å². The molecule has 2 N–H and O–H groups in total. The van der Waals surface area contributed by atoms with Crippen molar-refractivity contribution in [3.63, 3.8) is 0 Å². The lowest BCUT2D eigenvalue weighted by molar-refractivity contribution is -0.126. The predicted molar refractivity (Wildman–Crippen MR) is 100.0 cm³/mol. The number of carbonyl (C=O) groups excluding carboxylic acids is 2. The average Bonchev–Trinajstić information content (AvgIpc) is 2.98. The maximum Gasteiger partial charge on any atom is 0.253 e. The summed E-state index contributed by atoms with van der Waals surface area (Å²) in [7, 11) is 0. The number of aromatic nitrogens is 1. The number of hydrogen-bond acceptors (Lipinski definition) is 3. The molecule has 0 unspecified atom stereocenters. The molecule has 7 heteroatoms. The molecule has 0 spiro atoms. The number of nitrogens with zero attached hydrogens (tertiary/aromatic N) is 1. The van der Waals surface area contributed by atoms with Crippen LogP contribution in [0.3, 0.4) is 0 Å². The molecule has 1 fully saturated rings. The summed E-state index contributed by atoms with van der Waals surface area (Å²) in [5.41, 5.74) is 2.77. The minimum atomic E-state index is -0.535. The lowest BCUT2D eigenvalue weighted by Gasteiger charge is -2.17. The fraction of sp³-hybridized carbons (Fsp3) is 0.350. The molecule has 2 amide bonds. The molecule has 1 saturated heterocycles.